The van der Waals surface area contributed by atoms with Crippen molar-refractivity contribution in [1.29, 1.82) is 5.26 Å². The van der Waals surface area contributed by atoms with Gasteiger partial charge in [-0.1, -0.05) is 30.3 Å². The van der Waals surface area contributed by atoms with Gasteiger partial charge < -0.3 is 14.8 Å². The average molecular weight is 386 g/mol. The van der Waals surface area contributed by atoms with Crippen LogP contribution in [0, 0.1) is 11.3 Å². The summed E-state index contributed by atoms with van der Waals surface area (Å²) in [5, 5.41) is 14.3. The summed E-state index contributed by atoms with van der Waals surface area (Å²) in [5.74, 6) is 0.874. The number of anilines is 1. The van der Waals surface area contributed by atoms with Crippen molar-refractivity contribution in [3.63, 3.8) is 0 Å². The van der Waals surface area contributed by atoms with E-state index in [-0.39, 0.29) is 5.57 Å². The van der Waals surface area contributed by atoms with E-state index in [9.17, 15) is 10.1 Å². The van der Waals surface area contributed by atoms with Gasteiger partial charge in [0.2, 0.25) is 0 Å². The summed E-state index contributed by atoms with van der Waals surface area (Å²) in [7, 11) is 0. The Morgan fingerprint density at radius 2 is 1.72 bits per heavy atom. The van der Waals surface area contributed by atoms with Gasteiger partial charge in [0.15, 0.2) is 0 Å². The zero-order chi connectivity index (χ0) is 20.6. The number of nitrogens with zero attached hydrogens (tertiary/aromatic N) is 1. The molecule has 0 saturated heterocycles. The summed E-state index contributed by atoms with van der Waals surface area (Å²) in [6.07, 6.45) is 1.58. The second-order valence-corrected chi connectivity index (χ2v) is 6.21. The van der Waals surface area contributed by atoms with E-state index in [4.69, 9.17) is 9.47 Å². The van der Waals surface area contributed by atoms with Crippen molar-refractivity contribution in [2.24, 2.45) is 0 Å². The van der Waals surface area contributed by atoms with E-state index < -0.39 is 5.91 Å². The minimum atomic E-state index is -0.480. The highest BCUT2D eigenvalue weighted by Gasteiger charge is 2.13. The summed E-state index contributed by atoms with van der Waals surface area (Å²) in [6, 6.07) is 20.6. The number of carbonyl (C=O) groups excluding carboxylic acids is 1. The molecule has 0 aliphatic carbocycles. The van der Waals surface area contributed by atoms with Gasteiger partial charge in [-0.2, -0.15) is 5.26 Å². The van der Waals surface area contributed by atoms with Crippen LogP contribution in [0.15, 0.2) is 66.2 Å². The van der Waals surface area contributed by atoms with Gasteiger partial charge in [0.05, 0.1) is 13.2 Å². The summed E-state index contributed by atoms with van der Waals surface area (Å²) >= 11 is 0. The van der Waals surface area contributed by atoms with E-state index in [2.05, 4.69) is 5.32 Å². The van der Waals surface area contributed by atoms with Crippen molar-refractivity contribution in [2.75, 3.05) is 18.5 Å². The third-order valence-electron chi connectivity index (χ3n) is 4.31. The van der Waals surface area contributed by atoms with Gasteiger partial charge in [-0.3, -0.25) is 4.79 Å². The van der Waals surface area contributed by atoms with E-state index >= 15 is 0 Å². The maximum absolute atomic E-state index is 12.7. The topological polar surface area (TPSA) is 71.3 Å². The first kappa shape index (κ1) is 20.0. The highest BCUT2D eigenvalue weighted by molar-refractivity contribution is 6.11. The van der Waals surface area contributed by atoms with Crippen LogP contribution in [0.1, 0.15) is 19.4 Å². The molecule has 1 N–H and O–H groups in total. The number of hydrogen-bond acceptors (Lipinski definition) is 4. The third-order valence-corrected chi connectivity index (χ3v) is 4.31. The Balaban J connectivity index is 1.94. The lowest BCUT2D eigenvalue weighted by Gasteiger charge is -2.11. The number of nitrogens with one attached hydrogen (secondary N) is 1. The molecule has 3 aromatic rings. The zero-order valence-electron chi connectivity index (χ0n) is 16.4. The second kappa shape index (κ2) is 9.43. The molecule has 0 radical (unpaired) electrons. The standard InChI is InChI=1S/C24H22N2O3/c1-3-28-20-12-10-19(11-13-20)26-24(27)18(16-25)15-22-21-8-6-5-7-17(21)9-14-23(22)29-4-2/h5-15H,3-4H2,1-2H3,(H,26,27)/b18-15-. The van der Waals surface area contributed by atoms with E-state index in [1.54, 1.807) is 30.3 Å². The number of benzene rings is 3. The van der Waals surface area contributed by atoms with Crippen molar-refractivity contribution in [1.82, 2.24) is 0 Å². The summed E-state index contributed by atoms with van der Waals surface area (Å²) in [6.45, 7) is 4.86. The van der Waals surface area contributed by atoms with Gasteiger partial charge in [-0.15, -0.1) is 0 Å². The molecule has 29 heavy (non-hydrogen) atoms. The molecule has 5 nitrogen and oxygen atoms in total. The third kappa shape index (κ3) is 4.74. The maximum Gasteiger partial charge on any atom is 0.266 e. The number of carbonyl (C=O) groups is 1. The average Bonchev–Trinajstić information content (AvgIpc) is 2.74. The molecule has 3 aromatic carbocycles. The minimum Gasteiger partial charge on any atom is -0.494 e. The van der Waals surface area contributed by atoms with Gasteiger partial charge in [0.25, 0.3) is 5.91 Å². The lowest BCUT2D eigenvalue weighted by molar-refractivity contribution is -0.112. The first-order valence-corrected chi connectivity index (χ1v) is 9.46. The molecule has 0 aliphatic rings. The Morgan fingerprint density at radius 3 is 2.41 bits per heavy atom. The van der Waals surface area contributed by atoms with Gasteiger partial charge in [0.1, 0.15) is 23.1 Å². The van der Waals surface area contributed by atoms with Gasteiger partial charge in [-0.25, -0.2) is 0 Å². The quantitative estimate of drug-likeness (QED) is 0.448. The fourth-order valence-corrected chi connectivity index (χ4v) is 3.00. The maximum atomic E-state index is 12.7. The number of amides is 1. The van der Waals surface area contributed by atoms with Crippen LogP contribution < -0.4 is 14.8 Å². The molecule has 0 fully saturated rings. The smallest absolute Gasteiger partial charge is 0.266 e. The monoisotopic (exact) mass is 386 g/mol. The van der Waals surface area contributed by atoms with E-state index in [0.29, 0.717) is 30.2 Å². The molecule has 0 bridgehead atoms. The summed E-state index contributed by atoms with van der Waals surface area (Å²) in [5.41, 5.74) is 1.29. The van der Waals surface area contributed by atoms with Crippen molar-refractivity contribution in [3.05, 3.63) is 71.8 Å². The Bertz CT molecular complexity index is 1080. The second-order valence-electron chi connectivity index (χ2n) is 6.21. The molecule has 146 valence electrons. The Labute approximate surface area is 170 Å². The zero-order valence-corrected chi connectivity index (χ0v) is 16.4. The van der Waals surface area contributed by atoms with Crippen LogP contribution in [0.3, 0.4) is 0 Å². The predicted molar refractivity (Wildman–Crippen MR) is 115 cm³/mol. The van der Waals surface area contributed by atoms with E-state index in [1.165, 1.54) is 0 Å². The van der Waals surface area contributed by atoms with Gasteiger partial charge >= 0.3 is 0 Å². The molecule has 0 saturated carbocycles. The molecule has 0 unspecified atom stereocenters. The number of rotatable bonds is 7. The van der Waals surface area contributed by atoms with Crippen LogP contribution in [0.2, 0.25) is 0 Å². The van der Waals surface area contributed by atoms with E-state index in [0.717, 1.165) is 16.5 Å². The summed E-state index contributed by atoms with van der Waals surface area (Å²) < 4.78 is 11.1. The number of ether oxygens (including phenoxy) is 2. The number of hydrogen-bond donors (Lipinski definition) is 1. The van der Waals surface area contributed by atoms with Gasteiger partial charge in [0, 0.05) is 11.3 Å². The molecule has 0 heterocycles. The Hall–Kier alpha value is -3.78. The van der Waals surface area contributed by atoms with Crippen LogP contribution in [0.4, 0.5) is 5.69 Å². The number of fused-ring (bicyclic) bond motifs is 1. The fourth-order valence-electron chi connectivity index (χ4n) is 3.00. The molecular formula is C24H22N2O3. The molecule has 5 heteroatoms. The van der Waals surface area contributed by atoms with E-state index in [1.807, 2.05) is 56.3 Å². The van der Waals surface area contributed by atoms with Gasteiger partial charge in [-0.05, 0) is 61.0 Å². The SMILES string of the molecule is CCOc1ccc(NC(=O)/C(C#N)=C\c2c(OCC)ccc3ccccc23)cc1. The molecule has 0 spiro atoms. The normalized spacial score (nSPS) is 11.0. The highest BCUT2D eigenvalue weighted by Crippen LogP contribution is 2.30. The van der Waals surface area contributed by atoms with Crippen LogP contribution >= 0.6 is 0 Å². The minimum absolute atomic E-state index is 0.00353. The van der Waals surface area contributed by atoms with Crippen LogP contribution in [-0.2, 0) is 4.79 Å². The van der Waals surface area contributed by atoms with Crippen molar-refractivity contribution >= 4 is 28.4 Å². The first-order valence-electron chi connectivity index (χ1n) is 9.46. The highest BCUT2D eigenvalue weighted by atomic mass is 16.5. The molecule has 3 rings (SSSR count). The van der Waals surface area contributed by atoms with Crippen LogP contribution in [0.5, 0.6) is 11.5 Å². The first-order chi connectivity index (χ1) is 14.2. The van der Waals surface area contributed by atoms with Crippen LogP contribution in [-0.4, -0.2) is 19.1 Å². The number of nitriles is 1. The van der Waals surface area contributed by atoms with Crippen molar-refractivity contribution in [2.45, 2.75) is 13.8 Å². The Morgan fingerprint density at radius 1 is 1.00 bits per heavy atom. The predicted octanol–water partition coefficient (Wildman–Crippen LogP) is 5.18. The van der Waals surface area contributed by atoms with Crippen molar-refractivity contribution < 1.29 is 14.3 Å². The lowest BCUT2D eigenvalue weighted by Crippen LogP contribution is -2.13. The summed E-state index contributed by atoms with van der Waals surface area (Å²) in [4.78, 5) is 12.7. The molecule has 1 amide bonds. The molecular weight excluding hydrogens is 364 g/mol. The molecule has 0 aromatic heterocycles. The van der Waals surface area contributed by atoms with Crippen molar-refractivity contribution in [3.8, 4) is 17.6 Å². The molecule has 0 aliphatic heterocycles. The Kier molecular flexibility index (Phi) is 6.49. The fraction of sp³-hybridized carbons (Fsp3) is 0.167. The lowest BCUT2D eigenvalue weighted by atomic mass is 10.0. The largest absolute Gasteiger partial charge is 0.494 e. The molecule has 0 atom stereocenters. The van der Waals surface area contributed by atoms with Crippen LogP contribution in [0.25, 0.3) is 16.8 Å².